The quantitative estimate of drug-likeness (QED) is 0.184. The lowest BCUT2D eigenvalue weighted by Gasteiger charge is -2.36. The number of hydrogen-bond acceptors (Lipinski definition) is 12. The Labute approximate surface area is 304 Å². The number of anilines is 2. The minimum atomic E-state index is 0.180. The predicted octanol–water partition coefficient (Wildman–Crippen LogP) is 6.53. The highest BCUT2D eigenvalue weighted by atomic mass is 16.5. The molecule has 12 heteroatoms. The van der Waals surface area contributed by atoms with Crippen LogP contribution in [-0.2, 0) is 9.47 Å². The lowest BCUT2D eigenvalue weighted by molar-refractivity contribution is 0.0791. The van der Waals surface area contributed by atoms with Crippen LogP contribution >= 0.6 is 0 Å². The monoisotopic (exact) mass is 700 g/mol. The zero-order valence-corrected chi connectivity index (χ0v) is 29.2. The van der Waals surface area contributed by atoms with Gasteiger partial charge >= 0.3 is 0 Å². The molecule has 2 N–H and O–H groups in total. The molecule has 0 bridgehead atoms. The van der Waals surface area contributed by atoms with Gasteiger partial charge in [0.15, 0.2) is 0 Å². The van der Waals surface area contributed by atoms with Crippen molar-refractivity contribution in [3.05, 3.63) is 95.6 Å². The molecule has 4 fully saturated rings. The predicted molar refractivity (Wildman–Crippen MR) is 194 cm³/mol. The molecule has 6 heterocycles. The SMILES string of the molecule is N#Cc1ccc(NC2CC(Oc3ncccc3C3CCOCC3)C2)nc1.N#Cc1ccc(NC2CC(Oc3ncccc3C3CCOCC3)C2)nc1. The van der Waals surface area contributed by atoms with Gasteiger partial charge in [-0.25, -0.2) is 19.9 Å². The topological polar surface area (TPSA) is 160 Å². The first kappa shape index (κ1) is 35.1. The molecular weight excluding hydrogens is 656 g/mol. The van der Waals surface area contributed by atoms with Gasteiger partial charge in [0.1, 0.15) is 36.0 Å². The molecule has 2 saturated carbocycles. The Bertz CT molecular complexity index is 1690. The van der Waals surface area contributed by atoms with Gasteiger partial charge in [0.2, 0.25) is 11.8 Å². The summed E-state index contributed by atoms with van der Waals surface area (Å²) in [6.45, 7) is 3.25. The van der Waals surface area contributed by atoms with Crippen LogP contribution in [0.15, 0.2) is 73.3 Å². The fourth-order valence-corrected chi connectivity index (χ4v) is 7.03. The van der Waals surface area contributed by atoms with E-state index < -0.39 is 0 Å². The molecule has 2 aliphatic heterocycles. The standard InChI is InChI=1S/2C20H22N4O2/c2*21-12-14-3-4-19(23-13-14)24-16-10-17(11-16)26-20-18(2-1-7-22-20)15-5-8-25-9-6-15/h2*1-4,7,13,15-17H,5-6,8-11H2,(H,23,24). The molecule has 4 aliphatic rings. The molecule has 4 aromatic heterocycles. The Kier molecular flexibility index (Phi) is 11.7. The summed E-state index contributed by atoms with van der Waals surface area (Å²) in [6, 6.07) is 20.3. The highest BCUT2D eigenvalue weighted by Gasteiger charge is 2.34. The molecule has 268 valence electrons. The van der Waals surface area contributed by atoms with Gasteiger partial charge in [-0.15, -0.1) is 0 Å². The van der Waals surface area contributed by atoms with Gasteiger partial charge in [0.25, 0.3) is 0 Å². The van der Waals surface area contributed by atoms with Crippen molar-refractivity contribution < 1.29 is 18.9 Å². The number of nitriles is 2. The van der Waals surface area contributed by atoms with Crippen LogP contribution in [0.3, 0.4) is 0 Å². The molecule has 0 aromatic carbocycles. The van der Waals surface area contributed by atoms with E-state index in [2.05, 4.69) is 54.8 Å². The first-order chi connectivity index (χ1) is 25.6. The first-order valence-corrected chi connectivity index (χ1v) is 18.3. The Hall–Kier alpha value is -5.30. The van der Waals surface area contributed by atoms with Gasteiger partial charge in [0.05, 0.1) is 11.1 Å². The Morgan fingerprint density at radius 2 is 1.00 bits per heavy atom. The maximum atomic E-state index is 8.82. The fourth-order valence-electron chi connectivity index (χ4n) is 7.03. The van der Waals surface area contributed by atoms with E-state index in [-0.39, 0.29) is 12.2 Å². The van der Waals surface area contributed by atoms with Crippen molar-refractivity contribution >= 4 is 11.6 Å². The molecule has 52 heavy (non-hydrogen) atoms. The van der Waals surface area contributed by atoms with Crippen molar-refractivity contribution in [1.29, 1.82) is 10.5 Å². The fraction of sp³-hybridized carbons (Fsp3) is 0.450. The van der Waals surface area contributed by atoms with E-state index in [1.54, 1.807) is 36.9 Å². The molecule has 12 nitrogen and oxygen atoms in total. The maximum absolute atomic E-state index is 8.82. The van der Waals surface area contributed by atoms with Crippen molar-refractivity contribution in [3.8, 4) is 23.9 Å². The third-order valence-electron chi connectivity index (χ3n) is 10.2. The second kappa shape index (κ2) is 17.3. The van der Waals surface area contributed by atoms with Gasteiger partial charge in [-0.3, -0.25) is 0 Å². The van der Waals surface area contributed by atoms with Gasteiger partial charge in [-0.2, -0.15) is 10.5 Å². The molecule has 0 unspecified atom stereocenters. The zero-order valence-electron chi connectivity index (χ0n) is 29.2. The number of pyridine rings is 4. The Morgan fingerprint density at radius 3 is 1.37 bits per heavy atom. The third-order valence-corrected chi connectivity index (χ3v) is 10.2. The van der Waals surface area contributed by atoms with Crippen molar-refractivity contribution in [2.75, 3.05) is 37.1 Å². The van der Waals surface area contributed by atoms with Crippen LogP contribution in [0.4, 0.5) is 11.6 Å². The van der Waals surface area contributed by atoms with Crippen LogP contribution in [0.1, 0.15) is 85.5 Å². The van der Waals surface area contributed by atoms with E-state index in [9.17, 15) is 0 Å². The van der Waals surface area contributed by atoms with Crippen molar-refractivity contribution in [1.82, 2.24) is 19.9 Å². The summed E-state index contributed by atoms with van der Waals surface area (Å²) >= 11 is 0. The van der Waals surface area contributed by atoms with Crippen molar-refractivity contribution in [2.45, 2.75) is 87.5 Å². The summed E-state index contributed by atoms with van der Waals surface area (Å²) in [7, 11) is 0. The second-order valence-electron chi connectivity index (χ2n) is 13.8. The largest absolute Gasteiger partial charge is 0.474 e. The molecule has 2 aliphatic carbocycles. The summed E-state index contributed by atoms with van der Waals surface area (Å²) in [5.41, 5.74) is 3.56. The van der Waals surface area contributed by atoms with E-state index in [0.717, 1.165) is 101 Å². The number of rotatable bonds is 10. The third kappa shape index (κ3) is 9.13. The van der Waals surface area contributed by atoms with Crippen molar-refractivity contribution in [3.63, 3.8) is 0 Å². The minimum Gasteiger partial charge on any atom is -0.474 e. The average molecular weight is 701 g/mol. The summed E-state index contributed by atoms with van der Waals surface area (Å²) in [4.78, 5) is 17.5. The van der Waals surface area contributed by atoms with E-state index in [1.807, 2.05) is 24.3 Å². The molecule has 2 saturated heterocycles. The molecule has 0 radical (unpaired) electrons. The lowest BCUT2D eigenvalue weighted by Crippen LogP contribution is -2.43. The van der Waals surface area contributed by atoms with E-state index in [1.165, 1.54) is 11.1 Å². The highest BCUT2D eigenvalue weighted by molar-refractivity contribution is 5.42. The molecule has 0 spiro atoms. The Balaban J connectivity index is 0.000000162. The van der Waals surface area contributed by atoms with E-state index in [4.69, 9.17) is 29.5 Å². The molecular formula is C40H44N8O4. The Morgan fingerprint density at radius 1 is 0.577 bits per heavy atom. The summed E-state index contributed by atoms with van der Waals surface area (Å²) in [5, 5.41) is 24.4. The van der Waals surface area contributed by atoms with Crippen LogP contribution < -0.4 is 20.1 Å². The van der Waals surface area contributed by atoms with Gasteiger partial charge in [-0.05, 0) is 73.9 Å². The zero-order chi connectivity index (χ0) is 35.5. The maximum Gasteiger partial charge on any atom is 0.217 e. The van der Waals surface area contributed by atoms with Crippen molar-refractivity contribution in [2.24, 2.45) is 0 Å². The number of hydrogen-bond donors (Lipinski definition) is 2. The van der Waals surface area contributed by atoms with Crippen LogP contribution in [-0.4, -0.2) is 70.7 Å². The van der Waals surface area contributed by atoms with Gasteiger partial charge in [0, 0.05) is 100 Å². The number of nitrogens with zero attached hydrogens (tertiary/aromatic N) is 6. The van der Waals surface area contributed by atoms with Crippen LogP contribution in [0.5, 0.6) is 11.8 Å². The second-order valence-corrected chi connectivity index (χ2v) is 13.8. The normalized spacial score (nSPS) is 22.9. The van der Waals surface area contributed by atoms with Gasteiger partial charge < -0.3 is 29.6 Å². The molecule has 0 atom stereocenters. The highest BCUT2D eigenvalue weighted by Crippen LogP contribution is 2.37. The van der Waals surface area contributed by atoms with Gasteiger partial charge in [-0.1, -0.05) is 12.1 Å². The molecule has 8 rings (SSSR count). The van der Waals surface area contributed by atoms with E-state index in [0.29, 0.717) is 35.0 Å². The smallest absolute Gasteiger partial charge is 0.217 e. The molecule has 4 aromatic rings. The average Bonchev–Trinajstić information content (AvgIpc) is 3.18. The first-order valence-electron chi connectivity index (χ1n) is 18.3. The number of aromatic nitrogens is 4. The summed E-state index contributed by atoms with van der Waals surface area (Å²) in [5.74, 6) is 4.11. The van der Waals surface area contributed by atoms with Crippen LogP contribution in [0.2, 0.25) is 0 Å². The number of ether oxygens (including phenoxy) is 4. The van der Waals surface area contributed by atoms with Crippen LogP contribution in [0.25, 0.3) is 0 Å². The number of nitrogens with one attached hydrogen (secondary N) is 2. The summed E-state index contributed by atoms with van der Waals surface area (Å²) in [6.07, 6.45) is 14.9. The van der Waals surface area contributed by atoms with E-state index >= 15 is 0 Å². The van der Waals surface area contributed by atoms with Crippen LogP contribution in [0, 0.1) is 22.7 Å². The summed E-state index contributed by atoms with van der Waals surface area (Å²) < 4.78 is 23.3. The molecule has 0 amide bonds. The lowest BCUT2D eigenvalue weighted by atomic mass is 9.88. The minimum absolute atomic E-state index is 0.180.